The molecule has 0 radical (unpaired) electrons. The third-order valence-electron chi connectivity index (χ3n) is 5.45. The van der Waals surface area contributed by atoms with Gasteiger partial charge in [0.1, 0.15) is 23.9 Å². The van der Waals surface area contributed by atoms with Gasteiger partial charge in [-0.3, -0.25) is 9.69 Å². The molecule has 0 saturated carbocycles. The summed E-state index contributed by atoms with van der Waals surface area (Å²) in [5, 5.41) is 0. The fourth-order valence-electron chi connectivity index (χ4n) is 3.94. The number of ether oxygens (including phenoxy) is 3. The molecule has 162 valence electrons. The van der Waals surface area contributed by atoms with Crippen LogP contribution in [-0.2, 0) is 16.1 Å². The number of hydrogen-bond donors (Lipinski definition) is 0. The Morgan fingerprint density at radius 2 is 1.77 bits per heavy atom. The molecule has 0 bridgehead atoms. The van der Waals surface area contributed by atoms with Crippen molar-refractivity contribution in [2.24, 2.45) is 0 Å². The van der Waals surface area contributed by atoms with E-state index < -0.39 is 0 Å². The number of benzene rings is 2. The minimum atomic E-state index is -0.319. The molecule has 1 amide bonds. The van der Waals surface area contributed by atoms with Gasteiger partial charge in [0, 0.05) is 44.0 Å². The lowest BCUT2D eigenvalue weighted by Gasteiger charge is -2.38. The van der Waals surface area contributed by atoms with Crippen molar-refractivity contribution in [3.05, 3.63) is 53.8 Å². The average Bonchev–Trinajstić information content (AvgIpc) is 2.76. The number of rotatable bonds is 8. The molecule has 1 heterocycles. The maximum Gasteiger partial charge on any atom is 0.253 e. The van der Waals surface area contributed by atoms with Crippen molar-refractivity contribution in [3.63, 3.8) is 0 Å². The van der Waals surface area contributed by atoms with E-state index in [0.29, 0.717) is 5.69 Å². The fraction of sp³-hybridized carbons (Fsp3) is 0.435. The van der Waals surface area contributed by atoms with E-state index in [2.05, 4.69) is 4.90 Å². The SMILES string of the molecule is COCC(=O)N(c1ccc(F)cc1)C1CCN(Cc2cc(OC)ccc2OC)CC1. The van der Waals surface area contributed by atoms with Crippen LogP contribution in [0.15, 0.2) is 42.5 Å². The smallest absolute Gasteiger partial charge is 0.253 e. The van der Waals surface area contributed by atoms with Crippen molar-refractivity contribution in [2.75, 3.05) is 45.9 Å². The van der Waals surface area contributed by atoms with Crippen LogP contribution in [-0.4, -0.2) is 57.9 Å². The number of amides is 1. The molecule has 1 saturated heterocycles. The lowest BCUT2D eigenvalue weighted by atomic mass is 10.0. The van der Waals surface area contributed by atoms with Gasteiger partial charge in [-0.05, 0) is 55.3 Å². The Bertz CT molecular complexity index is 836. The summed E-state index contributed by atoms with van der Waals surface area (Å²) in [6, 6.07) is 11.9. The minimum Gasteiger partial charge on any atom is -0.497 e. The Morgan fingerprint density at radius 3 is 2.37 bits per heavy atom. The number of anilines is 1. The number of hydrogen-bond acceptors (Lipinski definition) is 5. The maximum atomic E-state index is 13.4. The van der Waals surface area contributed by atoms with Crippen LogP contribution in [0.3, 0.4) is 0 Å². The van der Waals surface area contributed by atoms with E-state index in [1.165, 1.54) is 19.2 Å². The zero-order chi connectivity index (χ0) is 21.5. The van der Waals surface area contributed by atoms with E-state index in [0.717, 1.165) is 49.5 Å². The normalized spacial score (nSPS) is 15.1. The highest BCUT2D eigenvalue weighted by atomic mass is 19.1. The molecule has 1 fully saturated rings. The van der Waals surface area contributed by atoms with Gasteiger partial charge in [-0.25, -0.2) is 4.39 Å². The average molecular weight is 416 g/mol. The third-order valence-corrected chi connectivity index (χ3v) is 5.45. The first kappa shape index (κ1) is 22.1. The third kappa shape index (κ3) is 5.29. The van der Waals surface area contributed by atoms with Crippen LogP contribution < -0.4 is 14.4 Å². The summed E-state index contributed by atoms with van der Waals surface area (Å²) in [7, 11) is 4.82. The number of piperidine rings is 1. The topological polar surface area (TPSA) is 51.2 Å². The molecule has 2 aromatic rings. The fourth-order valence-corrected chi connectivity index (χ4v) is 3.94. The number of carbonyl (C=O) groups excluding carboxylic acids is 1. The highest BCUT2D eigenvalue weighted by molar-refractivity contribution is 5.94. The Balaban J connectivity index is 1.69. The molecule has 0 spiro atoms. The largest absolute Gasteiger partial charge is 0.497 e. The number of likely N-dealkylation sites (tertiary alicyclic amines) is 1. The van der Waals surface area contributed by atoms with Crippen LogP contribution in [0.1, 0.15) is 18.4 Å². The van der Waals surface area contributed by atoms with Crippen LogP contribution in [0.4, 0.5) is 10.1 Å². The predicted octanol–water partition coefficient (Wildman–Crippen LogP) is 3.49. The quantitative estimate of drug-likeness (QED) is 0.659. The molecule has 1 aliphatic rings. The maximum absolute atomic E-state index is 13.4. The highest BCUT2D eigenvalue weighted by Crippen LogP contribution is 2.28. The Labute approximate surface area is 177 Å². The van der Waals surface area contributed by atoms with Crippen molar-refractivity contribution < 1.29 is 23.4 Å². The van der Waals surface area contributed by atoms with Gasteiger partial charge in [-0.2, -0.15) is 0 Å². The molecule has 0 unspecified atom stereocenters. The van der Waals surface area contributed by atoms with Gasteiger partial charge in [-0.1, -0.05) is 0 Å². The summed E-state index contributed by atoms with van der Waals surface area (Å²) in [5.41, 5.74) is 1.77. The van der Waals surface area contributed by atoms with Crippen molar-refractivity contribution >= 4 is 11.6 Å². The van der Waals surface area contributed by atoms with Crippen LogP contribution in [0, 0.1) is 5.82 Å². The van der Waals surface area contributed by atoms with Gasteiger partial charge < -0.3 is 19.1 Å². The van der Waals surface area contributed by atoms with Gasteiger partial charge in [0.15, 0.2) is 0 Å². The van der Waals surface area contributed by atoms with Gasteiger partial charge in [0.05, 0.1) is 14.2 Å². The molecule has 0 aliphatic carbocycles. The molecular weight excluding hydrogens is 387 g/mol. The van der Waals surface area contributed by atoms with Crippen LogP contribution in [0.25, 0.3) is 0 Å². The summed E-state index contributed by atoms with van der Waals surface area (Å²) in [5.74, 6) is 1.20. The number of methoxy groups -OCH3 is 3. The summed E-state index contributed by atoms with van der Waals surface area (Å²) in [6.45, 7) is 2.42. The molecule has 1 aliphatic heterocycles. The molecule has 0 N–H and O–H groups in total. The predicted molar refractivity (Wildman–Crippen MR) is 114 cm³/mol. The van der Waals surface area contributed by atoms with Crippen molar-refractivity contribution in [3.8, 4) is 11.5 Å². The second-order valence-corrected chi connectivity index (χ2v) is 7.36. The zero-order valence-electron chi connectivity index (χ0n) is 17.8. The van der Waals surface area contributed by atoms with E-state index in [-0.39, 0.29) is 24.4 Å². The van der Waals surface area contributed by atoms with Gasteiger partial charge in [-0.15, -0.1) is 0 Å². The molecule has 0 atom stereocenters. The van der Waals surface area contributed by atoms with Gasteiger partial charge in [0.2, 0.25) is 0 Å². The van der Waals surface area contributed by atoms with E-state index in [1.807, 2.05) is 18.2 Å². The monoisotopic (exact) mass is 416 g/mol. The first-order chi connectivity index (χ1) is 14.5. The number of nitrogens with zero attached hydrogens (tertiary/aromatic N) is 2. The molecule has 0 aromatic heterocycles. The standard InChI is InChI=1S/C23H29FN2O4/c1-28-16-23(27)26(19-6-4-18(24)5-7-19)20-10-12-25(13-11-20)15-17-14-21(29-2)8-9-22(17)30-3/h4-9,14,20H,10-13,15-16H2,1-3H3. The molecule has 3 rings (SSSR count). The molecule has 6 nitrogen and oxygen atoms in total. The van der Waals surface area contributed by atoms with E-state index in [4.69, 9.17) is 14.2 Å². The van der Waals surface area contributed by atoms with E-state index in [9.17, 15) is 9.18 Å². The zero-order valence-corrected chi connectivity index (χ0v) is 17.8. The Kier molecular flexibility index (Phi) is 7.65. The van der Waals surface area contributed by atoms with E-state index >= 15 is 0 Å². The molecule has 30 heavy (non-hydrogen) atoms. The summed E-state index contributed by atoms with van der Waals surface area (Å²) in [4.78, 5) is 16.8. The highest BCUT2D eigenvalue weighted by Gasteiger charge is 2.29. The summed E-state index contributed by atoms with van der Waals surface area (Å²) in [6.07, 6.45) is 1.64. The van der Waals surface area contributed by atoms with Gasteiger partial charge in [0.25, 0.3) is 5.91 Å². The summed E-state index contributed by atoms with van der Waals surface area (Å²) < 4.78 is 29.3. The molecular formula is C23H29FN2O4. The van der Waals surface area contributed by atoms with Crippen LogP contribution >= 0.6 is 0 Å². The molecule has 2 aromatic carbocycles. The molecule has 7 heteroatoms. The van der Waals surface area contributed by atoms with Crippen molar-refractivity contribution in [1.29, 1.82) is 0 Å². The Hall–Kier alpha value is -2.64. The lowest BCUT2D eigenvalue weighted by Crippen LogP contribution is -2.48. The van der Waals surface area contributed by atoms with E-state index in [1.54, 1.807) is 31.3 Å². The second-order valence-electron chi connectivity index (χ2n) is 7.36. The second kappa shape index (κ2) is 10.4. The number of halogens is 1. The lowest BCUT2D eigenvalue weighted by molar-refractivity contribution is -0.122. The van der Waals surface area contributed by atoms with Gasteiger partial charge >= 0.3 is 0 Å². The van der Waals surface area contributed by atoms with Crippen LogP contribution in [0.2, 0.25) is 0 Å². The van der Waals surface area contributed by atoms with Crippen molar-refractivity contribution in [2.45, 2.75) is 25.4 Å². The first-order valence-corrected chi connectivity index (χ1v) is 10.1. The minimum absolute atomic E-state index is 0.00139. The first-order valence-electron chi connectivity index (χ1n) is 10.1. The van der Waals surface area contributed by atoms with Crippen LogP contribution in [0.5, 0.6) is 11.5 Å². The summed E-state index contributed by atoms with van der Waals surface area (Å²) >= 11 is 0. The Morgan fingerprint density at radius 1 is 1.07 bits per heavy atom. The van der Waals surface area contributed by atoms with Crippen molar-refractivity contribution in [1.82, 2.24) is 4.90 Å². The number of carbonyl (C=O) groups is 1.